The predicted molar refractivity (Wildman–Crippen MR) is 49.1 cm³/mol. The lowest BCUT2D eigenvalue weighted by atomic mass is 9.90. The first-order valence-corrected chi connectivity index (χ1v) is 6.08. The minimum atomic E-state index is -3.50. The molecule has 1 aliphatic rings. The summed E-state index contributed by atoms with van der Waals surface area (Å²) in [7, 11) is -3.50. The van der Waals surface area contributed by atoms with E-state index in [1.807, 2.05) is 0 Å². The van der Waals surface area contributed by atoms with Gasteiger partial charge in [-0.15, -0.1) is 0 Å². The molecule has 0 bridgehead atoms. The normalized spacial score (nSPS) is 23.6. The summed E-state index contributed by atoms with van der Waals surface area (Å²) in [6, 6.07) is 0. The number of esters is 1. The maximum absolute atomic E-state index is 10.9. The molecule has 0 spiro atoms. The van der Waals surface area contributed by atoms with Crippen molar-refractivity contribution in [2.45, 2.75) is 25.9 Å². The van der Waals surface area contributed by atoms with Crippen LogP contribution in [-0.4, -0.2) is 32.9 Å². The molecule has 1 saturated heterocycles. The fraction of sp³-hybridized carbons (Fsp3) is 0.875. The molecule has 1 aliphatic heterocycles. The maximum atomic E-state index is 10.9. The number of rotatable bonds is 3. The zero-order valence-electron chi connectivity index (χ0n) is 8.44. The van der Waals surface area contributed by atoms with Crippen molar-refractivity contribution in [1.82, 2.24) is 0 Å². The van der Waals surface area contributed by atoms with E-state index in [2.05, 4.69) is 0 Å². The summed E-state index contributed by atoms with van der Waals surface area (Å²) >= 11 is 0. The van der Waals surface area contributed by atoms with Crippen molar-refractivity contribution in [2.75, 3.05) is 12.9 Å². The van der Waals surface area contributed by atoms with Crippen LogP contribution in [0.15, 0.2) is 0 Å². The van der Waals surface area contributed by atoms with Crippen molar-refractivity contribution in [3.63, 3.8) is 0 Å². The first kappa shape index (κ1) is 11.5. The van der Waals surface area contributed by atoms with Gasteiger partial charge in [0.05, 0.1) is 24.9 Å². The Bertz CT molecular complexity index is 330. The lowest BCUT2D eigenvalue weighted by Gasteiger charge is -2.27. The van der Waals surface area contributed by atoms with E-state index in [0.717, 1.165) is 6.26 Å². The molecule has 0 aromatic carbocycles. The number of carbonyl (C=O) groups excluding carboxylic acids is 1. The largest absolute Gasteiger partial charge is 0.465 e. The number of hydrogen-bond acceptors (Lipinski definition) is 5. The van der Waals surface area contributed by atoms with Gasteiger partial charge in [-0.3, -0.25) is 8.98 Å². The van der Waals surface area contributed by atoms with Crippen molar-refractivity contribution >= 4 is 16.1 Å². The summed E-state index contributed by atoms with van der Waals surface area (Å²) in [5.74, 6) is -0.509. The monoisotopic (exact) mass is 222 g/mol. The first-order valence-electron chi connectivity index (χ1n) is 4.27. The van der Waals surface area contributed by atoms with Gasteiger partial charge in [0.2, 0.25) is 0 Å². The summed E-state index contributed by atoms with van der Waals surface area (Å²) in [5.41, 5.74) is -0.889. The van der Waals surface area contributed by atoms with Crippen LogP contribution in [0.2, 0.25) is 0 Å². The fourth-order valence-electron chi connectivity index (χ4n) is 1.42. The van der Waals surface area contributed by atoms with Crippen molar-refractivity contribution in [3.8, 4) is 0 Å². The van der Waals surface area contributed by atoms with Crippen LogP contribution in [0.25, 0.3) is 0 Å². The van der Waals surface area contributed by atoms with Gasteiger partial charge in [0.15, 0.2) is 0 Å². The van der Waals surface area contributed by atoms with Crippen LogP contribution in [0.4, 0.5) is 0 Å². The molecule has 0 aliphatic carbocycles. The van der Waals surface area contributed by atoms with Crippen molar-refractivity contribution in [2.24, 2.45) is 5.92 Å². The lowest BCUT2D eigenvalue weighted by molar-refractivity contribution is -0.137. The van der Waals surface area contributed by atoms with Crippen LogP contribution in [0.5, 0.6) is 0 Å². The second-order valence-corrected chi connectivity index (χ2v) is 5.55. The molecule has 14 heavy (non-hydrogen) atoms. The highest BCUT2D eigenvalue weighted by atomic mass is 32.2. The Balaban J connectivity index is 2.70. The van der Waals surface area contributed by atoms with Gasteiger partial charge >= 0.3 is 5.97 Å². The Morgan fingerprint density at radius 3 is 2.43 bits per heavy atom. The molecule has 82 valence electrons. The van der Waals surface area contributed by atoms with E-state index < -0.39 is 15.7 Å². The molecule has 0 N–H and O–H groups in total. The molecule has 1 atom stereocenters. The average Bonchev–Trinajstić information content (AvgIpc) is 2.29. The number of hydrogen-bond donors (Lipinski definition) is 0. The molecule has 0 saturated carbocycles. The molecule has 1 unspecified atom stereocenters. The van der Waals surface area contributed by atoms with E-state index in [9.17, 15) is 13.2 Å². The Kier molecular flexibility index (Phi) is 2.87. The molecule has 0 aromatic rings. The minimum Gasteiger partial charge on any atom is -0.465 e. The smallest absolute Gasteiger partial charge is 0.306 e. The number of cyclic esters (lactones) is 1. The van der Waals surface area contributed by atoms with Crippen LogP contribution in [-0.2, 0) is 23.8 Å². The topological polar surface area (TPSA) is 69.7 Å². The van der Waals surface area contributed by atoms with Crippen LogP contribution in [0.3, 0.4) is 0 Å². The molecule has 1 rings (SSSR count). The lowest BCUT2D eigenvalue weighted by Crippen LogP contribution is -2.36. The quantitative estimate of drug-likeness (QED) is 0.507. The van der Waals surface area contributed by atoms with E-state index in [0.29, 0.717) is 0 Å². The van der Waals surface area contributed by atoms with Gasteiger partial charge in [-0.05, 0) is 13.8 Å². The first-order chi connectivity index (χ1) is 6.21. The Hall–Kier alpha value is -0.620. The standard InChI is InChI=1S/C8H14O5S/c1-8(2,13-14(3,10)11)6-4-7(9)12-5-6/h6H,4-5H2,1-3H3. The van der Waals surface area contributed by atoms with E-state index in [1.54, 1.807) is 13.8 Å². The zero-order valence-corrected chi connectivity index (χ0v) is 9.26. The highest BCUT2D eigenvalue weighted by Gasteiger charge is 2.40. The van der Waals surface area contributed by atoms with Gasteiger partial charge < -0.3 is 4.74 Å². The van der Waals surface area contributed by atoms with Gasteiger partial charge in [-0.25, -0.2) is 0 Å². The maximum Gasteiger partial charge on any atom is 0.306 e. The Morgan fingerprint density at radius 2 is 2.07 bits per heavy atom. The highest BCUT2D eigenvalue weighted by Crippen LogP contribution is 2.30. The van der Waals surface area contributed by atoms with Gasteiger partial charge in [0.1, 0.15) is 0 Å². The molecule has 0 radical (unpaired) electrons. The van der Waals surface area contributed by atoms with Gasteiger partial charge in [0.25, 0.3) is 10.1 Å². The minimum absolute atomic E-state index is 0.204. The molecule has 0 amide bonds. The second kappa shape index (κ2) is 3.51. The molecular weight excluding hydrogens is 208 g/mol. The Labute approximate surface area is 83.5 Å². The second-order valence-electron chi connectivity index (χ2n) is 3.97. The summed E-state index contributed by atoms with van der Waals surface area (Å²) < 4.78 is 31.5. The predicted octanol–water partition coefficient (Wildman–Crippen LogP) is 0.304. The van der Waals surface area contributed by atoms with Crippen molar-refractivity contribution < 1.29 is 22.1 Å². The van der Waals surface area contributed by atoms with E-state index >= 15 is 0 Å². The SMILES string of the molecule is CC(C)(OS(C)(=O)=O)C1COC(=O)C1. The third-order valence-electron chi connectivity index (χ3n) is 2.21. The molecular formula is C8H14O5S. The van der Waals surface area contributed by atoms with E-state index in [4.69, 9.17) is 8.92 Å². The summed E-state index contributed by atoms with van der Waals surface area (Å²) in [6.45, 7) is 3.50. The van der Waals surface area contributed by atoms with Crippen LogP contribution in [0.1, 0.15) is 20.3 Å². The molecule has 1 heterocycles. The van der Waals surface area contributed by atoms with Crippen LogP contribution in [0, 0.1) is 5.92 Å². The van der Waals surface area contributed by atoms with Gasteiger partial charge in [-0.2, -0.15) is 8.42 Å². The summed E-state index contributed by atoms with van der Waals surface area (Å²) in [5, 5.41) is 0. The van der Waals surface area contributed by atoms with Gasteiger partial charge in [-0.1, -0.05) is 0 Å². The van der Waals surface area contributed by atoms with Crippen molar-refractivity contribution in [1.29, 1.82) is 0 Å². The Morgan fingerprint density at radius 1 is 1.50 bits per heavy atom. The van der Waals surface area contributed by atoms with Gasteiger partial charge in [0, 0.05) is 5.92 Å². The zero-order chi connectivity index (χ0) is 11.0. The fourth-order valence-corrected chi connectivity index (χ4v) is 2.33. The van der Waals surface area contributed by atoms with Crippen LogP contribution >= 0.6 is 0 Å². The molecule has 6 heteroatoms. The third kappa shape index (κ3) is 2.95. The molecule has 0 aromatic heterocycles. The summed E-state index contributed by atoms with van der Waals surface area (Å²) in [4.78, 5) is 10.8. The van der Waals surface area contributed by atoms with E-state index in [-0.39, 0.29) is 24.9 Å². The number of carbonyl (C=O) groups is 1. The molecule has 1 fully saturated rings. The highest BCUT2D eigenvalue weighted by molar-refractivity contribution is 7.86. The van der Waals surface area contributed by atoms with E-state index in [1.165, 1.54) is 0 Å². The summed E-state index contributed by atoms with van der Waals surface area (Å²) in [6.07, 6.45) is 1.20. The van der Waals surface area contributed by atoms with Crippen LogP contribution < -0.4 is 0 Å². The third-order valence-corrected chi connectivity index (χ3v) is 2.94. The average molecular weight is 222 g/mol. The number of ether oxygens (including phenoxy) is 1. The molecule has 5 nitrogen and oxygen atoms in total. The van der Waals surface area contributed by atoms with Crippen molar-refractivity contribution in [3.05, 3.63) is 0 Å².